The second-order valence-corrected chi connectivity index (χ2v) is 6.74. The Kier molecular flexibility index (Phi) is 7.17. The van der Waals surface area contributed by atoms with E-state index >= 15 is 0 Å². The topological polar surface area (TPSA) is 97.0 Å². The number of esters is 2. The second-order valence-electron chi connectivity index (χ2n) is 6.74. The Hall–Kier alpha value is -2.87. The largest absolute Gasteiger partial charge is 0.419 e. The van der Waals surface area contributed by atoms with Crippen LogP contribution in [0.4, 0.5) is 5.69 Å². The van der Waals surface area contributed by atoms with Gasteiger partial charge in [-0.2, -0.15) is 0 Å². The molecule has 0 spiro atoms. The molecule has 1 aliphatic heterocycles. The van der Waals surface area contributed by atoms with Crippen LogP contribution in [0, 0.1) is 0 Å². The Labute approximate surface area is 164 Å². The van der Waals surface area contributed by atoms with E-state index in [2.05, 4.69) is 29.4 Å². The first-order valence-corrected chi connectivity index (χ1v) is 9.29. The van der Waals surface area contributed by atoms with Crippen LogP contribution in [-0.4, -0.2) is 54.7 Å². The predicted molar refractivity (Wildman–Crippen MR) is 105 cm³/mol. The summed E-state index contributed by atoms with van der Waals surface area (Å²) in [7, 11) is 0. The highest BCUT2D eigenvalue weighted by Gasteiger charge is 2.38. The van der Waals surface area contributed by atoms with Gasteiger partial charge < -0.3 is 25.0 Å². The molecule has 152 valence electrons. The van der Waals surface area contributed by atoms with Crippen molar-refractivity contribution >= 4 is 23.5 Å². The number of rotatable bonds is 8. The van der Waals surface area contributed by atoms with Crippen molar-refractivity contribution in [3.05, 3.63) is 41.6 Å². The summed E-state index contributed by atoms with van der Waals surface area (Å²) in [5.41, 5.74) is 0.908. The average molecular weight is 389 g/mol. The Morgan fingerprint density at radius 1 is 1.07 bits per heavy atom. The van der Waals surface area contributed by atoms with Crippen LogP contribution in [0.2, 0.25) is 0 Å². The lowest BCUT2D eigenvalue weighted by atomic mass is 10.2. The van der Waals surface area contributed by atoms with Gasteiger partial charge in [0.25, 0.3) is 11.7 Å². The van der Waals surface area contributed by atoms with Gasteiger partial charge in [-0.05, 0) is 37.4 Å². The Balaban J connectivity index is 1.91. The van der Waals surface area contributed by atoms with E-state index in [-0.39, 0.29) is 11.5 Å². The fourth-order valence-electron chi connectivity index (χ4n) is 2.62. The van der Waals surface area contributed by atoms with E-state index in [0.717, 1.165) is 19.6 Å². The fourth-order valence-corrected chi connectivity index (χ4v) is 2.62. The number of likely N-dealkylation sites (N-methyl/N-ethyl adjacent to an activating group) is 1. The van der Waals surface area contributed by atoms with Gasteiger partial charge in [-0.3, -0.25) is 4.79 Å². The summed E-state index contributed by atoms with van der Waals surface area (Å²) >= 11 is 0. The first-order valence-electron chi connectivity index (χ1n) is 9.29. The monoisotopic (exact) mass is 389 g/mol. The first kappa shape index (κ1) is 21.4. The lowest BCUT2D eigenvalue weighted by molar-refractivity contribution is -0.222. The van der Waals surface area contributed by atoms with Crippen LogP contribution in [0.25, 0.3) is 0 Å². The zero-order valence-electron chi connectivity index (χ0n) is 16.7. The molecule has 1 saturated heterocycles. The third-order valence-electron chi connectivity index (χ3n) is 4.26. The van der Waals surface area contributed by atoms with Crippen LogP contribution < -0.4 is 10.6 Å². The lowest BCUT2D eigenvalue weighted by Gasteiger charge is -2.29. The summed E-state index contributed by atoms with van der Waals surface area (Å²) in [4.78, 5) is 38.2. The molecule has 2 N–H and O–H groups in total. The zero-order valence-corrected chi connectivity index (χ0v) is 16.7. The van der Waals surface area contributed by atoms with E-state index in [9.17, 15) is 14.4 Å². The van der Waals surface area contributed by atoms with Gasteiger partial charge in [0.15, 0.2) is 5.57 Å². The molecular formula is C20H27N3O5. The molecule has 28 heavy (non-hydrogen) atoms. The Morgan fingerprint density at radius 3 is 2.18 bits per heavy atom. The number of anilines is 1. The van der Waals surface area contributed by atoms with Crippen LogP contribution >= 0.6 is 0 Å². The highest BCUT2D eigenvalue weighted by atomic mass is 16.7. The zero-order chi connectivity index (χ0) is 20.7. The van der Waals surface area contributed by atoms with E-state index in [4.69, 9.17) is 9.47 Å². The van der Waals surface area contributed by atoms with Crippen LogP contribution in [0.15, 0.2) is 36.0 Å². The highest BCUT2D eigenvalue weighted by Crippen LogP contribution is 2.22. The van der Waals surface area contributed by atoms with Crippen molar-refractivity contribution in [2.75, 3.05) is 31.5 Å². The number of ether oxygens (including phenoxy) is 2. The molecule has 8 nitrogen and oxygen atoms in total. The first-order chi connectivity index (χ1) is 13.3. The maximum Gasteiger partial charge on any atom is 0.350 e. The second kappa shape index (κ2) is 9.36. The van der Waals surface area contributed by atoms with Crippen LogP contribution in [0.3, 0.4) is 0 Å². The summed E-state index contributed by atoms with van der Waals surface area (Å²) < 4.78 is 10.0. The standard InChI is InChI=1S/C20H27N3O5/c1-5-23(6-2)12-11-21-17(24)14-7-9-15(10-8-14)22-13-16-18(25)27-20(3,4)28-19(16)26/h7-10,13,22H,5-6,11-12H2,1-4H3,(H,21,24). The van der Waals surface area contributed by atoms with Gasteiger partial charge in [0.1, 0.15) is 0 Å². The van der Waals surface area contributed by atoms with E-state index < -0.39 is 17.7 Å². The maximum absolute atomic E-state index is 12.2. The van der Waals surface area contributed by atoms with E-state index in [1.54, 1.807) is 24.3 Å². The average Bonchev–Trinajstić information content (AvgIpc) is 2.64. The quantitative estimate of drug-likeness (QED) is 0.398. The van der Waals surface area contributed by atoms with Gasteiger partial charge in [-0.1, -0.05) is 13.8 Å². The molecule has 0 bridgehead atoms. The minimum absolute atomic E-state index is 0.154. The molecule has 1 aromatic carbocycles. The third kappa shape index (κ3) is 5.82. The van der Waals surface area contributed by atoms with Gasteiger partial charge in [0.2, 0.25) is 0 Å². The minimum Gasteiger partial charge on any atom is -0.419 e. The predicted octanol–water partition coefficient (Wildman–Crippen LogP) is 1.89. The normalized spacial score (nSPS) is 15.7. The molecule has 1 heterocycles. The lowest BCUT2D eigenvalue weighted by Crippen LogP contribution is -2.42. The Morgan fingerprint density at radius 2 is 1.64 bits per heavy atom. The van der Waals surface area contributed by atoms with Gasteiger partial charge in [0, 0.05) is 44.4 Å². The summed E-state index contributed by atoms with van der Waals surface area (Å²) in [6.07, 6.45) is 1.24. The van der Waals surface area contributed by atoms with Crippen molar-refractivity contribution in [3.63, 3.8) is 0 Å². The number of hydrogen-bond acceptors (Lipinski definition) is 7. The molecule has 2 rings (SSSR count). The molecule has 1 aliphatic rings. The smallest absolute Gasteiger partial charge is 0.350 e. The molecule has 0 aliphatic carbocycles. The van der Waals surface area contributed by atoms with Crippen LogP contribution in [0.1, 0.15) is 38.1 Å². The summed E-state index contributed by atoms with van der Waals surface area (Å²) in [5.74, 6) is -2.93. The van der Waals surface area contributed by atoms with Crippen LogP contribution in [0.5, 0.6) is 0 Å². The molecule has 1 amide bonds. The van der Waals surface area contributed by atoms with Crippen molar-refractivity contribution < 1.29 is 23.9 Å². The van der Waals surface area contributed by atoms with Crippen molar-refractivity contribution in [3.8, 4) is 0 Å². The summed E-state index contributed by atoms with van der Waals surface area (Å²) in [5, 5.41) is 5.73. The number of carbonyl (C=O) groups is 3. The maximum atomic E-state index is 12.2. The molecular weight excluding hydrogens is 362 g/mol. The van der Waals surface area contributed by atoms with Gasteiger partial charge in [-0.25, -0.2) is 9.59 Å². The molecule has 1 aromatic rings. The SMILES string of the molecule is CCN(CC)CCNC(=O)c1ccc(NC=C2C(=O)OC(C)(C)OC2=O)cc1. The van der Waals surface area contributed by atoms with E-state index in [1.807, 2.05) is 0 Å². The highest BCUT2D eigenvalue weighted by molar-refractivity contribution is 6.15. The van der Waals surface area contributed by atoms with Crippen molar-refractivity contribution in [1.82, 2.24) is 10.2 Å². The molecule has 0 unspecified atom stereocenters. The van der Waals surface area contributed by atoms with Crippen molar-refractivity contribution in [2.45, 2.75) is 33.5 Å². The van der Waals surface area contributed by atoms with Gasteiger partial charge in [-0.15, -0.1) is 0 Å². The number of benzene rings is 1. The number of amides is 1. The van der Waals surface area contributed by atoms with Crippen molar-refractivity contribution in [1.29, 1.82) is 0 Å². The van der Waals surface area contributed by atoms with E-state index in [1.165, 1.54) is 20.0 Å². The summed E-state index contributed by atoms with van der Waals surface area (Å²) in [6.45, 7) is 10.4. The fraction of sp³-hybridized carbons (Fsp3) is 0.450. The number of hydrogen-bond donors (Lipinski definition) is 2. The molecule has 1 fully saturated rings. The van der Waals surface area contributed by atoms with Crippen LogP contribution in [-0.2, 0) is 19.1 Å². The van der Waals surface area contributed by atoms with Gasteiger partial charge in [0.05, 0.1) is 0 Å². The number of carbonyl (C=O) groups excluding carboxylic acids is 3. The van der Waals surface area contributed by atoms with E-state index in [0.29, 0.717) is 17.8 Å². The number of cyclic esters (lactones) is 2. The Bertz CT molecular complexity index is 730. The third-order valence-corrected chi connectivity index (χ3v) is 4.26. The molecule has 0 aromatic heterocycles. The molecule has 0 radical (unpaired) electrons. The summed E-state index contributed by atoms with van der Waals surface area (Å²) in [6, 6.07) is 6.68. The number of nitrogens with zero attached hydrogens (tertiary/aromatic N) is 1. The molecule has 8 heteroatoms. The van der Waals surface area contributed by atoms with Gasteiger partial charge >= 0.3 is 11.9 Å². The van der Waals surface area contributed by atoms with Crippen molar-refractivity contribution in [2.24, 2.45) is 0 Å². The molecule has 0 atom stereocenters. The number of nitrogens with one attached hydrogen (secondary N) is 2. The minimum atomic E-state index is -1.27. The molecule has 0 saturated carbocycles.